The third-order valence-electron chi connectivity index (χ3n) is 6.02. The Bertz CT molecular complexity index is 1110. The van der Waals surface area contributed by atoms with Crippen LogP contribution < -0.4 is 5.32 Å². The number of H-pyrrole nitrogens is 1. The van der Waals surface area contributed by atoms with Gasteiger partial charge in [-0.15, -0.1) is 0 Å². The number of rotatable bonds is 6. The highest BCUT2D eigenvalue weighted by atomic mass is 19.1. The Morgan fingerprint density at radius 1 is 1.16 bits per heavy atom. The lowest BCUT2D eigenvalue weighted by Crippen LogP contribution is -2.49. The molecule has 4 N–H and O–H groups in total. The van der Waals surface area contributed by atoms with Crippen LogP contribution in [0.15, 0.2) is 36.4 Å². The van der Waals surface area contributed by atoms with Gasteiger partial charge in [-0.2, -0.15) is 0 Å². The average molecular weight is 432 g/mol. The molecule has 1 unspecified atom stereocenters. The summed E-state index contributed by atoms with van der Waals surface area (Å²) in [5.74, 6) is -2.59. The average Bonchev–Trinajstić information content (AvgIpc) is 3.05. The van der Waals surface area contributed by atoms with Crippen molar-refractivity contribution < 1.29 is 28.2 Å². The molecular formula is C23H23F3N2O3. The highest BCUT2D eigenvalue weighted by Crippen LogP contribution is 2.48. The SMILES string of the molecule is CC(O)[C@@H](CO)NC(=O)[C@H]1C[C@H](c2c(-c3ccc(F)cc3)[nH]c3c(F)cc(F)cc32)C1. The fourth-order valence-corrected chi connectivity index (χ4v) is 4.20. The van der Waals surface area contributed by atoms with Crippen LogP contribution in [0, 0.1) is 23.4 Å². The van der Waals surface area contributed by atoms with E-state index >= 15 is 0 Å². The predicted molar refractivity (Wildman–Crippen MR) is 110 cm³/mol. The number of halogens is 3. The summed E-state index contributed by atoms with van der Waals surface area (Å²) in [5.41, 5.74) is 2.06. The van der Waals surface area contributed by atoms with E-state index in [1.54, 1.807) is 12.1 Å². The van der Waals surface area contributed by atoms with Crippen molar-refractivity contribution in [2.45, 2.75) is 37.8 Å². The number of aromatic nitrogens is 1. The molecule has 0 aliphatic heterocycles. The van der Waals surface area contributed by atoms with Crippen LogP contribution in [0.3, 0.4) is 0 Å². The number of carbonyl (C=O) groups excluding carboxylic acids is 1. The fraction of sp³-hybridized carbons (Fsp3) is 0.348. The van der Waals surface area contributed by atoms with E-state index in [0.29, 0.717) is 35.0 Å². The van der Waals surface area contributed by atoms with Crippen molar-refractivity contribution in [3.63, 3.8) is 0 Å². The minimum absolute atomic E-state index is 0.134. The van der Waals surface area contributed by atoms with Crippen LogP contribution in [0.2, 0.25) is 0 Å². The van der Waals surface area contributed by atoms with E-state index in [-0.39, 0.29) is 29.9 Å². The summed E-state index contributed by atoms with van der Waals surface area (Å²) in [4.78, 5) is 15.5. The molecule has 0 spiro atoms. The number of aliphatic hydroxyl groups excluding tert-OH is 2. The van der Waals surface area contributed by atoms with Crippen LogP contribution in [0.5, 0.6) is 0 Å². The number of aromatic amines is 1. The molecule has 2 atom stereocenters. The van der Waals surface area contributed by atoms with E-state index in [4.69, 9.17) is 0 Å². The second-order valence-electron chi connectivity index (χ2n) is 8.13. The van der Waals surface area contributed by atoms with Gasteiger partial charge in [0.1, 0.15) is 17.5 Å². The molecule has 5 nitrogen and oxygen atoms in total. The molecule has 1 saturated carbocycles. The molecule has 3 aromatic rings. The molecule has 0 saturated heterocycles. The standard InChI is InChI=1S/C23H23F3N2O3/c1-11(30)19(10-29)27-23(31)14-6-13(7-14)20-17-8-16(25)9-18(26)22(17)28-21(20)12-2-4-15(24)5-3-12/h2-5,8-9,11,13-14,19,28-30H,6-7,10H2,1H3,(H,27,31)/t11?,13-,14-,19-/m1/s1. The number of hydrogen-bond donors (Lipinski definition) is 4. The number of hydrogen-bond acceptors (Lipinski definition) is 3. The molecule has 4 rings (SSSR count). The lowest BCUT2D eigenvalue weighted by atomic mass is 9.69. The number of fused-ring (bicyclic) bond motifs is 1. The minimum atomic E-state index is -0.894. The topological polar surface area (TPSA) is 85.3 Å². The van der Waals surface area contributed by atoms with Gasteiger partial charge in [0.15, 0.2) is 0 Å². The summed E-state index contributed by atoms with van der Waals surface area (Å²) in [6.45, 7) is 1.10. The van der Waals surface area contributed by atoms with E-state index in [9.17, 15) is 28.2 Å². The van der Waals surface area contributed by atoms with E-state index in [0.717, 1.165) is 6.07 Å². The van der Waals surface area contributed by atoms with Crippen molar-refractivity contribution in [2.24, 2.45) is 5.92 Å². The second-order valence-corrected chi connectivity index (χ2v) is 8.13. The first kappa shape index (κ1) is 21.4. The molecule has 2 aromatic carbocycles. The van der Waals surface area contributed by atoms with Crippen molar-refractivity contribution in [3.8, 4) is 11.3 Å². The summed E-state index contributed by atoms with van der Waals surface area (Å²) in [5, 5.41) is 21.9. The number of aliphatic hydroxyl groups is 2. The van der Waals surface area contributed by atoms with Crippen LogP contribution in [-0.2, 0) is 4.79 Å². The second kappa shape index (κ2) is 8.36. The van der Waals surface area contributed by atoms with Crippen molar-refractivity contribution >= 4 is 16.8 Å². The number of carbonyl (C=O) groups is 1. The zero-order chi connectivity index (χ0) is 22.3. The van der Waals surface area contributed by atoms with E-state index < -0.39 is 29.6 Å². The molecule has 0 radical (unpaired) electrons. The van der Waals surface area contributed by atoms with Crippen LogP contribution in [0.25, 0.3) is 22.2 Å². The predicted octanol–water partition coefficient (Wildman–Crippen LogP) is 3.60. The lowest BCUT2D eigenvalue weighted by molar-refractivity contribution is -0.130. The Kier molecular flexibility index (Phi) is 5.77. The maximum absolute atomic E-state index is 14.4. The fourth-order valence-electron chi connectivity index (χ4n) is 4.20. The summed E-state index contributed by atoms with van der Waals surface area (Å²) in [6, 6.07) is 7.04. The van der Waals surface area contributed by atoms with E-state index in [1.165, 1.54) is 25.1 Å². The van der Waals surface area contributed by atoms with Gasteiger partial charge in [0.2, 0.25) is 5.91 Å². The molecule has 1 fully saturated rings. The zero-order valence-corrected chi connectivity index (χ0v) is 16.8. The van der Waals surface area contributed by atoms with Crippen LogP contribution in [-0.4, -0.2) is 39.9 Å². The van der Waals surface area contributed by atoms with Gasteiger partial charge in [-0.25, -0.2) is 13.2 Å². The minimum Gasteiger partial charge on any atom is -0.394 e. The Hall–Kier alpha value is -2.84. The maximum atomic E-state index is 14.4. The molecular weight excluding hydrogens is 409 g/mol. The maximum Gasteiger partial charge on any atom is 0.223 e. The molecule has 1 aliphatic carbocycles. The number of amides is 1. The highest BCUT2D eigenvalue weighted by Gasteiger charge is 2.39. The van der Waals surface area contributed by atoms with E-state index in [2.05, 4.69) is 10.3 Å². The molecule has 1 heterocycles. The third-order valence-corrected chi connectivity index (χ3v) is 6.02. The summed E-state index contributed by atoms with van der Waals surface area (Å²) < 4.78 is 41.8. The largest absolute Gasteiger partial charge is 0.394 e. The van der Waals surface area contributed by atoms with Gasteiger partial charge < -0.3 is 20.5 Å². The van der Waals surface area contributed by atoms with Gasteiger partial charge in [0.05, 0.1) is 30.0 Å². The Labute approximate surface area is 176 Å². The quantitative estimate of drug-likeness (QED) is 0.480. The molecule has 1 amide bonds. The Balaban J connectivity index is 1.65. The van der Waals surface area contributed by atoms with Crippen molar-refractivity contribution in [2.75, 3.05) is 6.61 Å². The molecule has 1 aliphatic rings. The summed E-state index contributed by atoms with van der Waals surface area (Å²) >= 11 is 0. The van der Waals surface area contributed by atoms with Gasteiger partial charge in [-0.1, -0.05) is 0 Å². The van der Waals surface area contributed by atoms with Crippen LogP contribution in [0.4, 0.5) is 13.2 Å². The first-order valence-corrected chi connectivity index (χ1v) is 10.1. The van der Waals surface area contributed by atoms with Crippen molar-refractivity contribution in [3.05, 3.63) is 59.4 Å². The smallest absolute Gasteiger partial charge is 0.223 e. The van der Waals surface area contributed by atoms with Gasteiger partial charge in [0.25, 0.3) is 0 Å². The molecule has 8 heteroatoms. The van der Waals surface area contributed by atoms with Gasteiger partial charge in [0, 0.05) is 17.4 Å². The van der Waals surface area contributed by atoms with Gasteiger partial charge >= 0.3 is 0 Å². The van der Waals surface area contributed by atoms with E-state index in [1.807, 2.05) is 0 Å². The van der Waals surface area contributed by atoms with Crippen molar-refractivity contribution in [1.82, 2.24) is 10.3 Å². The first-order chi connectivity index (χ1) is 14.8. The third kappa shape index (κ3) is 4.05. The van der Waals surface area contributed by atoms with Gasteiger partial charge in [-0.3, -0.25) is 4.79 Å². The number of benzene rings is 2. The van der Waals surface area contributed by atoms with Gasteiger partial charge in [-0.05, 0) is 67.1 Å². The molecule has 0 bridgehead atoms. The molecule has 31 heavy (non-hydrogen) atoms. The first-order valence-electron chi connectivity index (χ1n) is 10.1. The zero-order valence-electron chi connectivity index (χ0n) is 16.8. The summed E-state index contributed by atoms with van der Waals surface area (Å²) in [7, 11) is 0. The molecule has 164 valence electrons. The Morgan fingerprint density at radius 3 is 2.45 bits per heavy atom. The Morgan fingerprint density at radius 2 is 1.84 bits per heavy atom. The normalized spacial score (nSPS) is 20.3. The monoisotopic (exact) mass is 432 g/mol. The van der Waals surface area contributed by atoms with Crippen molar-refractivity contribution in [1.29, 1.82) is 0 Å². The highest BCUT2D eigenvalue weighted by molar-refractivity contribution is 5.92. The van der Waals surface area contributed by atoms with Crippen LogP contribution >= 0.6 is 0 Å². The lowest BCUT2D eigenvalue weighted by Gasteiger charge is -2.36. The number of nitrogens with one attached hydrogen (secondary N) is 2. The molecule has 1 aromatic heterocycles. The van der Waals surface area contributed by atoms with Crippen LogP contribution in [0.1, 0.15) is 31.2 Å². The summed E-state index contributed by atoms with van der Waals surface area (Å²) in [6.07, 6.45) is 0.000975.